The van der Waals surface area contributed by atoms with Gasteiger partial charge in [-0.15, -0.1) is 0 Å². The van der Waals surface area contributed by atoms with Crippen LogP contribution in [-0.4, -0.2) is 60.8 Å². The molecule has 4 unspecified atom stereocenters. The average Bonchev–Trinajstić information content (AvgIpc) is 3.51. The molecule has 1 aromatic carbocycles. The number of rotatable bonds is 5. The molecule has 168 valence electrons. The van der Waals surface area contributed by atoms with E-state index in [9.17, 15) is 4.79 Å². The number of nitrogens with zero attached hydrogens (tertiary/aromatic N) is 3. The van der Waals surface area contributed by atoms with Crippen molar-refractivity contribution in [2.75, 3.05) is 33.2 Å². The van der Waals surface area contributed by atoms with Crippen LogP contribution in [0.4, 0.5) is 0 Å². The summed E-state index contributed by atoms with van der Waals surface area (Å²) < 4.78 is 0. The van der Waals surface area contributed by atoms with Crippen LogP contribution in [0.25, 0.3) is 0 Å². The summed E-state index contributed by atoms with van der Waals surface area (Å²) >= 11 is 0. The van der Waals surface area contributed by atoms with E-state index in [4.69, 9.17) is 4.99 Å². The molecule has 2 heterocycles. The fraction of sp³-hybridized carbons (Fsp3) is 0.538. The number of amides is 1. The van der Waals surface area contributed by atoms with Gasteiger partial charge < -0.3 is 10.2 Å². The maximum Gasteiger partial charge on any atom is 0.224 e. The van der Waals surface area contributed by atoms with E-state index in [-0.39, 0.29) is 13.0 Å². The average molecular weight is 423 g/mol. The highest BCUT2D eigenvalue weighted by Crippen LogP contribution is 2.55. The van der Waals surface area contributed by atoms with Crippen LogP contribution in [0.2, 0.25) is 0 Å². The fourth-order valence-electron chi connectivity index (χ4n) is 5.04. The third-order valence-electron chi connectivity index (χ3n) is 7.34. The molecule has 1 amide bonds. The lowest BCUT2D eigenvalue weighted by Gasteiger charge is -2.38. The van der Waals surface area contributed by atoms with Crippen LogP contribution in [0.5, 0.6) is 0 Å². The van der Waals surface area contributed by atoms with Crippen molar-refractivity contribution in [3.8, 4) is 0 Å². The fourth-order valence-corrected chi connectivity index (χ4v) is 5.04. The number of hydrogen-bond acceptors (Lipinski definition) is 4. The molecule has 1 saturated heterocycles. The summed E-state index contributed by atoms with van der Waals surface area (Å²) in [6, 6.07) is 10.2. The van der Waals surface area contributed by atoms with Crippen LogP contribution in [0.15, 0.2) is 59.2 Å². The summed E-state index contributed by atoms with van der Waals surface area (Å²) in [6.07, 6.45) is 10.5. The molecule has 5 heteroatoms. The number of benzene rings is 1. The summed E-state index contributed by atoms with van der Waals surface area (Å²) in [5, 5.41) is 3.12. The molecular formula is C26H38N4O. The lowest BCUT2D eigenvalue weighted by Crippen LogP contribution is -2.51. The number of hydrogen-bond donors (Lipinski definition) is 1. The first-order chi connectivity index (χ1) is 15.0. The number of piperazine rings is 1. The largest absolute Gasteiger partial charge is 0.326 e. The van der Waals surface area contributed by atoms with Crippen LogP contribution in [0, 0.1) is 17.8 Å². The van der Waals surface area contributed by atoms with Gasteiger partial charge in [-0.1, -0.05) is 50.3 Å². The third kappa shape index (κ3) is 5.16. The van der Waals surface area contributed by atoms with E-state index >= 15 is 0 Å². The third-order valence-corrected chi connectivity index (χ3v) is 7.34. The van der Waals surface area contributed by atoms with Gasteiger partial charge in [0.05, 0.1) is 0 Å². The zero-order chi connectivity index (χ0) is 21.8. The summed E-state index contributed by atoms with van der Waals surface area (Å²) in [5.74, 6) is 1.52. The highest BCUT2D eigenvalue weighted by molar-refractivity contribution is 5.79. The minimum atomic E-state index is -0.0243. The van der Waals surface area contributed by atoms with Gasteiger partial charge in [0.2, 0.25) is 5.91 Å². The van der Waals surface area contributed by atoms with Gasteiger partial charge in [-0.25, -0.2) is 0 Å². The van der Waals surface area contributed by atoms with Crippen molar-refractivity contribution in [2.45, 2.75) is 38.8 Å². The van der Waals surface area contributed by atoms with E-state index in [1.165, 1.54) is 5.56 Å². The van der Waals surface area contributed by atoms with Crippen LogP contribution < -0.4 is 5.32 Å². The first-order valence-electron chi connectivity index (χ1n) is 11.7. The van der Waals surface area contributed by atoms with Gasteiger partial charge in [-0.05, 0) is 49.4 Å². The van der Waals surface area contributed by atoms with Crippen molar-refractivity contribution in [3.63, 3.8) is 0 Å². The molecule has 1 saturated carbocycles. The van der Waals surface area contributed by atoms with Crippen molar-refractivity contribution in [3.05, 3.63) is 59.8 Å². The second kappa shape index (κ2) is 9.49. The van der Waals surface area contributed by atoms with Crippen molar-refractivity contribution in [1.29, 1.82) is 0 Å². The highest BCUT2D eigenvalue weighted by atomic mass is 16.1. The Morgan fingerprint density at radius 1 is 1.19 bits per heavy atom. The highest BCUT2D eigenvalue weighted by Gasteiger charge is 2.60. The standard InChI is InChI=1S/C26H36N4O.H2/c1-20-18-23(28-25(31)12-11-22-8-5-4-6-9-22)10-7-13-27-26(19-24(26)21(20)2)30-16-14-29(3)15-17-30;/h4-10,13,18,20-21,24H,11-12,14-17,19H2,1-3H3,(H,28,31);1H/b10-7-,23-18+,27-13+;. The molecule has 2 fully saturated rings. The maximum atomic E-state index is 12.6. The first kappa shape index (κ1) is 22.0. The van der Waals surface area contributed by atoms with Gasteiger partial charge >= 0.3 is 0 Å². The smallest absolute Gasteiger partial charge is 0.224 e. The number of aryl methyl sites for hydroxylation is 1. The topological polar surface area (TPSA) is 47.9 Å². The maximum absolute atomic E-state index is 12.6. The molecule has 5 nitrogen and oxygen atoms in total. The Bertz CT molecular complexity index is 860. The number of allylic oxidation sites excluding steroid dienone is 3. The monoisotopic (exact) mass is 422 g/mol. The first-order valence-corrected chi connectivity index (χ1v) is 11.7. The van der Waals surface area contributed by atoms with Crippen LogP contribution in [0.1, 0.15) is 33.7 Å². The molecule has 4 atom stereocenters. The Balaban J connectivity index is 0.00000289. The van der Waals surface area contributed by atoms with E-state index in [1.54, 1.807) is 0 Å². The number of nitrogens with one attached hydrogen (secondary N) is 1. The zero-order valence-electron chi connectivity index (χ0n) is 19.1. The number of fused-ring (bicyclic) bond motifs is 1. The number of carbonyl (C=O) groups is 1. The van der Waals surface area contributed by atoms with Crippen molar-refractivity contribution in [1.82, 2.24) is 15.1 Å². The summed E-state index contributed by atoms with van der Waals surface area (Å²) in [6.45, 7) is 9.03. The van der Waals surface area contributed by atoms with Crippen molar-refractivity contribution >= 4 is 12.1 Å². The van der Waals surface area contributed by atoms with Crippen LogP contribution >= 0.6 is 0 Å². The molecule has 1 aliphatic carbocycles. The van der Waals surface area contributed by atoms with Gasteiger partial charge in [0.1, 0.15) is 5.66 Å². The normalized spacial score (nSPS) is 35.3. The molecule has 0 bridgehead atoms. The Labute approximate surface area is 188 Å². The lowest BCUT2D eigenvalue weighted by atomic mass is 9.89. The molecule has 2 aliphatic heterocycles. The minimum Gasteiger partial charge on any atom is -0.326 e. The van der Waals surface area contributed by atoms with Gasteiger partial charge in [0.25, 0.3) is 0 Å². The zero-order valence-corrected chi connectivity index (χ0v) is 19.1. The van der Waals surface area contributed by atoms with Crippen LogP contribution in [-0.2, 0) is 11.2 Å². The Morgan fingerprint density at radius 2 is 1.94 bits per heavy atom. The van der Waals surface area contributed by atoms with E-state index in [0.717, 1.165) is 44.7 Å². The molecule has 0 spiro atoms. The Morgan fingerprint density at radius 3 is 2.68 bits per heavy atom. The van der Waals surface area contributed by atoms with E-state index < -0.39 is 0 Å². The van der Waals surface area contributed by atoms with Gasteiger partial charge in [0.15, 0.2) is 0 Å². The van der Waals surface area contributed by atoms with Crippen molar-refractivity contribution < 1.29 is 6.22 Å². The number of carbonyl (C=O) groups excluding carboxylic acids is 1. The van der Waals surface area contributed by atoms with E-state index in [0.29, 0.717) is 24.2 Å². The van der Waals surface area contributed by atoms with Crippen molar-refractivity contribution in [2.24, 2.45) is 22.7 Å². The molecule has 1 aromatic rings. The number of likely N-dealkylation sites (N-methyl/N-ethyl adjacent to an activating group) is 1. The summed E-state index contributed by atoms with van der Waals surface area (Å²) in [5.41, 5.74) is 2.05. The summed E-state index contributed by atoms with van der Waals surface area (Å²) in [7, 11) is 2.20. The Hall–Kier alpha value is -2.24. The molecule has 0 aromatic heterocycles. The summed E-state index contributed by atoms with van der Waals surface area (Å²) in [4.78, 5) is 22.6. The van der Waals surface area contributed by atoms with Gasteiger partial charge in [-0.2, -0.15) is 0 Å². The predicted octanol–water partition coefficient (Wildman–Crippen LogP) is 3.74. The predicted molar refractivity (Wildman–Crippen MR) is 129 cm³/mol. The van der Waals surface area contributed by atoms with Gasteiger partial charge in [0, 0.05) is 51.9 Å². The van der Waals surface area contributed by atoms with Crippen LogP contribution in [0.3, 0.4) is 0 Å². The molecule has 0 radical (unpaired) electrons. The number of aliphatic imine (C=N–C) groups is 1. The lowest BCUT2D eigenvalue weighted by molar-refractivity contribution is -0.120. The SMILES string of the molecule is CC1\C=C(NC(=O)CCc2ccccc2)/C=C\C=N\C2(N3CCN(C)CC3)CC2C1C.[HH]. The Kier molecular flexibility index (Phi) is 6.73. The molecular weight excluding hydrogens is 384 g/mol. The van der Waals surface area contributed by atoms with E-state index in [1.807, 2.05) is 36.6 Å². The molecule has 4 rings (SSSR count). The van der Waals surface area contributed by atoms with Gasteiger partial charge in [-0.3, -0.25) is 14.7 Å². The minimum absolute atomic E-state index is 0. The molecule has 3 aliphatic rings. The molecule has 1 N–H and O–H groups in total. The second-order valence-electron chi connectivity index (χ2n) is 9.49. The second-order valence-corrected chi connectivity index (χ2v) is 9.49. The van der Waals surface area contributed by atoms with E-state index in [2.05, 4.69) is 54.2 Å². The molecule has 31 heavy (non-hydrogen) atoms. The quantitative estimate of drug-likeness (QED) is 0.786.